The van der Waals surface area contributed by atoms with Crippen LogP contribution in [0.15, 0.2) is 163 Å². The van der Waals surface area contributed by atoms with Crippen LogP contribution in [0.5, 0.6) is 34.5 Å². The van der Waals surface area contributed by atoms with E-state index < -0.39 is 33.3 Å². The van der Waals surface area contributed by atoms with E-state index >= 15 is 0 Å². The number of methoxy groups -OCH3 is 2. The third-order valence-electron chi connectivity index (χ3n) is 14.6. The minimum Gasteiger partial charge on any atom is -0.493 e. The van der Waals surface area contributed by atoms with Crippen molar-refractivity contribution in [2.24, 2.45) is 0 Å². The van der Waals surface area contributed by atoms with Crippen molar-refractivity contribution in [2.45, 2.75) is 82.5 Å². The highest BCUT2D eigenvalue weighted by Crippen LogP contribution is 2.41. The van der Waals surface area contributed by atoms with Gasteiger partial charge in [-0.1, -0.05) is 120 Å². The number of aldehydes is 1. The second-order valence-electron chi connectivity index (χ2n) is 21.5. The molecule has 434 valence electrons. The molecule has 0 bridgehead atoms. The van der Waals surface area contributed by atoms with E-state index in [2.05, 4.69) is 75.5 Å². The van der Waals surface area contributed by atoms with Crippen LogP contribution >= 0.6 is 0 Å². The molecule has 0 fully saturated rings. The molecule has 17 nitrogen and oxygen atoms in total. The van der Waals surface area contributed by atoms with E-state index in [-0.39, 0.29) is 17.7 Å². The summed E-state index contributed by atoms with van der Waals surface area (Å²) in [6.07, 6.45) is 8.03. The first kappa shape index (κ1) is 58.2. The summed E-state index contributed by atoms with van der Waals surface area (Å²) in [6, 6.07) is 47.8. The van der Waals surface area contributed by atoms with Crippen molar-refractivity contribution in [1.82, 2.24) is 30.4 Å². The molecule has 18 heteroatoms. The largest absolute Gasteiger partial charge is 0.493 e. The van der Waals surface area contributed by atoms with E-state index in [4.69, 9.17) is 33.2 Å². The summed E-state index contributed by atoms with van der Waals surface area (Å²) in [7, 11) is -0.902. The lowest BCUT2D eigenvalue weighted by atomic mass is 9.93. The average Bonchev–Trinajstić information content (AvgIpc) is 3.31. The molecule has 0 saturated heterocycles. The Morgan fingerprint density at radius 1 is 0.667 bits per heavy atom. The summed E-state index contributed by atoms with van der Waals surface area (Å²) in [5.74, 6) is 3.93. The lowest BCUT2D eigenvalue weighted by molar-refractivity contribution is 0.0162. The third kappa shape index (κ3) is 14.2. The van der Waals surface area contributed by atoms with E-state index in [1.54, 1.807) is 64.3 Å². The number of hydrogen-bond acceptors (Lipinski definition) is 15. The van der Waals surface area contributed by atoms with Gasteiger partial charge in [0, 0.05) is 31.5 Å². The smallest absolute Gasteiger partial charge is 0.410 e. The number of sulfone groups is 1. The van der Waals surface area contributed by atoms with Gasteiger partial charge in [-0.25, -0.2) is 13.2 Å². The van der Waals surface area contributed by atoms with Gasteiger partial charge >= 0.3 is 6.09 Å². The van der Waals surface area contributed by atoms with Gasteiger partial charge in [0.15, 0.2) is 23.0 Å². The zero-order valence-electron chi connectivity index (χ0n) is 47.7. The fraction of sp³-hybridized carbons (Fsp3) is 0.288. The minimum atomic E-state index is -4.12. The zero-order valence-corrected chi connectivity index (χ0v) is 48.6. The lowest BCUT2D eigenvalue weighted by Crippen LogP contribution is -2.45. The van der Waals surface area contributed by atoms with Gasteiger partial charge in [0.1, 0.15) is 36.6 Å². The van der Waals surface area contributed by atoms with Gasteiger partial charge in [-0.3, -0.25) is 9.69 Å². The number of ether oxygens (including phenoxy) is 7. The zero-order chi connectivity index (χ0) is 58.6. The molecule has 2 unspecified atom stereocenters. The maximum Gasteiger partial charge on any atom is 0.410 e. The molecular formula is C66H68N6O11S. The summed E-state index contributed by atoms with van der Waals surface area (Å²) in [6.45, 7) is 8.87. The van der Waals surface area contributed by atoms with Crippen molar-refractivity contribution >= 4 is 28.3 Å². The number of hydrogen-bond donors (Lipinski definition) is 1. The Balaban J connectivity index is 0.000000162. The highest BCUT2D eigenvalue weighted by Gasteiger charge is 2.40. The molecule has 0 spiro atoms. The summed E-state index contributed by atoms with van der Waals surface area (Å²) in [4.78, 5) is 25.2. The van der Waals surface area contributed by atoms with Crippen LogP contribution in [0.3, 0.4) is 0 Å². The Hall–Kier alpha value is -9.00. The van der Waals surface area contributed by atoms with Crippen LogP contribution in [0.25, 0.3) is 11.8 Å². The van der Waals surface area contributed by atoms with E-state index in [1.165, 1.54) is 38.9 Å². The molecule has 5 heterocycles. The van der Waals surface area contributed by atoms with E-state index in [0.29, 0.717) is 47.9 Å². The summed E-state index contributed by atoms with van der Waals surface area (Å²) < 4.78 is 69.2. The van der Waals surface area contributed by atoms with Crippen molar-refractivity contribution in [3.05, 3.63) is 213 Å². The Kier molecular flexibility index (Phi) is 18.4. The highest BCUT2D eigenvalue weighted by atomic mass is 32.2. The van der Waals surface area contributed by atoms with Gasteiger partial charge in [-0.05, 0) is 143 Å². The van der Waals surface area contributed by atoms with Gasteiger partial charge in [0.25, 0.3) is 5.16 Å². The first-order chi connectivity index (χ1) is 40.7. The number of para-hydroxylation sites is 1. The summed E-state index contributed by atoms with van der Waals surface area (Å²) in [5, 5.41) is 14.7. The van der Waals surface area contributed by atoms with E-state index in [9.17, 15) is 18.0 Å². The molecule has 12 rings (SSSR count). The normalized spacial score (nSPS) is 15.7. The third-order valence-corrected chi connectivity index (χ3v) is 16.1. The molecule has 4 aliphatic heterocycles. The second kappa shape index (κ2) is 26.5. The van der Waals surface area contributed by atoms with Crippen molar-refractivity contribution < 1.29 is 51.2 Å². The molecule has 1 N–H and O–H groups in total. The number of rotatable bonds is 15. The number of amides is 1. The van der Waals surface area contributed by atoms with Crippen molar-refractivity contribution in [2.75, 3.05) is 46.3 Å². The Morgan fingerprint density at radius 3 is 1.81 bits per heavy atom. The molecule has 84 heavy (non-hydrogen) atoms. The minimum absolute atomic E-state index is 0.134. The van der Waals surface area contributed by atoms with Crippen molar-refractivity contribution in [1.29, 1.82) is 0 Å². The standard InChI is InChI=1S/C30H33N5O6S.C27H27NO3.C9H8O2/c1-30(2,3)41-29(36)34-16-15-22-17-27(40-19-21-11-7-5-8-12-21)26(39-4)18-24(22)25(34)20-42(37,38)28-31-32-33-35(28)23-13-9-6-10-14-23;1-29-26-17-23-22(16-27(26)31-18-20-5-3-2-4-6-20)11-13-28-24(23)10-8-19-7-9-21-12-14-30-25(21)15-19;10-6-7-1-2-8-3-4-11-9(8)5-7/h5-14,17-18,25H,15-16,19-20H2,1-4H3;2-10,15-17,24,28H,11-14,18H2,1H3;1-2,5-6H,3-4H2/b;10-8+;. The van der Waals surface area contributed by atoms with Crippen LogP contribution in [0, 0.1) is 0 Å². The number of tetrazole rings is 1. The van der Waals surface area contributed by atoms with Crippen LogP contribution in [0.1, 0.15) is 93.3 Å². The maximum atomic E-state index is 13.9. The molecule has 0 saturated carbocycles. The molecule has 1 amide bonds. The number of fused-ring (bicyclic) bond motifs is 4. The molecule has 0 aliphatic carbocycles. The molecule has 4 aliphatic rings. The predicted molar refractivity (Wildman–Crippen MR) is 318 cm³/mol. The Labute approximate surface area is 490 Å². The Morgan fingerprint density at radius 2 is 1.23 bits per heavy atom. The molecule has 8 aromatic rings. The first-order valence-electron chi connectivity index (χ1n) is 27.9. The lowest BCUT2D eigenvalue weighted by Gasteiger charge is -2.38. The predicted octanol–water partition coefficient (Wildman–Crippen LogP) is 11.1. The van der Waals surface area contributed by atoms with Crippen LogP contribution in [-0.4, -0.2) is 97.8 Å². The molecular weight excluding hydrogens is 1080 g/mol. The van der Waals surface area contributed by atoms with Crippen molar-refractivity contribution in [3.8, 4) is 40.2 Å². The SMILES string of the molecule is COc1cc2c(cc1OCc1ccccc1)CCN(C(=O)OC(C)(C)C)C2CS(=O)(=O)c1nnnn1-c1ccccc1.COc1cc2c(cc1OCc1ccccc1)CCNC2/C=C/c1ccc2c(c1)OCC2.O=Cc1ccc2c(c1)OCC2. The second-order valence-corrected chi connectivity index (χ2v) is 23.4. The number of nitrogens with zero attached hydrogens (tertiary/aromatic N) is 5. The number of nitrogens with one attached hydrogen (secondary N) is 1. The van der Waals surface area contributed by atoms with Crippen LogP contribution in [0.2, 0.25) is 0 Å². The average molecular weight is 1150 g/mol. The molecule has 0 radical (unpaired) electrons. The monoisotopic (exact) mass is 1150 g/mol. The number of carbonyl (C=O) groups is 2. The van der Waals surface area contributed by atoms with Crippen LogP contribution in [-0.2, 0) is 53.5 Å². The maximum absolute atomic E-state index is 13.9. The summed E-state index contributed by atoms with van der Waals surface area (Å²) >= 11 is 0. The molecule has 7 aromatic carbocycles. The summed E-state index contributed by atoms with van der Waals surface area (Å²) in [5.41, 5.74) is 10.2. The fourth-order valence-corrected chi connectivity index (χ4v) is 11.8. The first-order valence-corrected chi connectivity index (χ1v) is 29.6. The van der Waals surface area contributed by atoms with Crippen LogP contribution in [0.4, 0.5) is 4.79 Å². The number of aromatic nitrogens is 4. The Bertz CT molecular complexity index is 3720. The van der Waals surface area contributed by atoms with Crippen LogP contribution < -0.4 is 33.7 Å². The fourth-order valence-electron chi connectivity index (χ4n) is 10.3. The van der Waals surface area contributed by atoms with E-state index in [0.717, 1.165) is 90.6 Å². The number of benzene rings is 7. The van der Waals surface area contributed by atoms with Gasteiger partial charge < -0.3 is 38.5 Å². The topological polar surface area (TPSA) is 192 Å². The molecule has 2 atom stereocenters. The highest BCUT2D eigenvalue weighted by molar-refractivity contribution is 7.91. The van der Waals surface area contributed by atoms with Gasteiger partial charge in [-0.15, -0.1) is 0 Å². The van der Waals surface area contributed by atoms with E-state index in [1.807, 2.05) is 72.8 Å². The quantitative estimate of drug-likeness (QED) is 0.0953. The van der Waals surface area contributed by atoms with Gasteiger partial charge in [0.2, 0.25) is 9.84 Å². The van der Waals surface area contributed by atoms with Gasteiger partial charge in [-0.2, -0.15) is 4.68 Å². The van der Waals surface area contributed by atoms with Gasteiger partial charge in [0.05, 0.1) is 51.0 Å². The van der Waals surface area contributed by atoms with Crippen molar-refractivity contribution in [3.63, 3.8) is 0 Å². The molecule has 1 aromatic heterocycles. The number of carbonyl (C=O) groups excluding carboxylic acids is 2.